The van der Waals surface area contributed by atoms with Gasteiger partial charge in [0.2, 0.25) is 0 Å². The maximum Gasteiger partial charge on any atom is 0.132 e. The Labute approximate surface area is 345 Å². The first-order valence-corrected chi connectivity index (χ1v) is 20.3. The Morgan fingerprint density at radius 2 is 0.831 bits per heavy atom. The van der Waals surface area contributed by atoms with Crippen molar-refractivity contribution in [1.82, 2.24) is 0 Å². The van der Waals surface area contributed by atoms with Gasteiger partial charge in [0.05, 0.1) is 12.0 Å². The van der Waals surface area contributed by atoms with Crippen molar-refractivity contribution in [2.75, 3.05) is 0 Å². The van der Waals surface area contributed by atoms with E-state index in [1.54, 1.807) is 0 Å². The quantitative estimate of drug-likeness (QED) is 0.149. The highest BCUT2D eigenvalue weighted by molar-refractivity contribution is 5.91. The summed E-state index contributed by atoms with van der Waals surface area (Å²) in [5.74, 6) is 1.81. The topological polar surface area (TPSA) is 21.6 Å². The summed E-state index contributed by atoms with van der Waals surface area (Å²) in [6.07, 6.45) is 1.97. The second-order valence-electron chi connectivity index (χ2n) is 15.5. The Bertz CT molecular complexity index is 3000. The maximum absolute atomic E-state index is 6.56. The molecule has 1 spiro atoms. The summed E-state index contributed by atoms with van der Waals surface area (Å²) in [5.41, 5.74) is 18.8. The highest BCUT2D eigenvalue weighted by Gasteiger charge is 2.51. The SMILES string of the molecule is C(=NCc1cccc(-c2cccc(-c3cccc(-c4ccc5c(c4)C4(c6ccccc6Oc6ccccc64)c4ccccc4-5)c3)c2)c1)c1ccc(-c2ccccc2)cc1. The predicted octanol–water partition coefficient (Wildman–Crippen LogP) is 14.4. The van der Waals surface area contributed by atoms with Gasteiger partial charge in [-0.05, 0) is 114 Å². The first kappa shape index (κ1) is 34.7. The van der Waals surface area contributed by atoms with E-state index >= 15 is 0 Å². The molecule has 11 rings (SSSR count). The van der Waals surface area contributed by atoms with Gasteiger partial charge in [-0.3, -0.25) is 4.99 Å². The summed E-state index contributed by atoms with van der Waals surface area (Å²) in [7, 11) is 0. The van der Waals surface area contributed by atoms with Crippen molar-refractivity contribution in [2.45, 2.75) is 12.0 Å². The molecule has 0 aromatic heterocycles. The standard InChI is InChI=1S/C57H39NO/c1-2-14-41(15-3-1)42-29-27-39(28-30-42)37-58-38-40-13-10-16-43(33-40)44-17-11-18-45(34-44)46-19-12-20-47(35-46)48-31-32-50-49-21-4-5-22-51(49)57(54(50)36-48)52-23-6-8-25-55(52)59-56-26-9-7-24-53(56)57/h1-37H,38H2. The molecule has 2 aliphatic rings. The van der Waals surface area contributed by atoms with Crippen molar-refractivity contribution in [1.29, 1.82) is 0 Å². The lowest BCUT2D eigenvalue weighted by Crippen LogP contribution is -2.32. The minimum atomic E-state index is -0.493. The molecule has 0 N–H and O–H groups in total. The summed E-state index contributed by atoms with van der Waals surface area (Å²) in [6.45, 7) is 0.618. The highest BCUT2D eigenvalue weighted by Crippen LogP contribution is 2.62. The number of aliphatic imine (C=N–C) groups is 1. The minimum Gasteiger partial charge on any atom is -0.457 e. The molecule has 0 unspecified atom stereocenters. The van der Waals surface area contributed by atoms with E-state index in [9.17, 15) is 0 Å². The third-order valence-electron chi connectivity index (χ3n) is 12.0. The molecule has 0 saturated carbocycles. The summed E-state index contributed by atoms with van der Waals surface area (Å²) in [4.78, 5) is 4.81. The van der Waals surface area contributed by atoms with Gasteiger partial charge in [0, 0.05) is 17.3 Å². The molecular formula is C57H39NO. The first-order valence-electron chi connectivity index (χ1n) is 20.3. The van der Waals surface area contributed by atoms with Gasteiger partial charge >= 0.3 is 0 Å². The van der Waals surface area contributed by atoms with Crippen LogP contribution in [0.3, 0.4) is 0 Å². The molecule has 2 heteroatoms. The zero-order valence-corrected chi connectivity index (χ0v) is 32.4. The third kappa shape index (κ3) is 6.00. The van der Waals surface area contributed by atoms with E-state index in [0.29, 0.717) is 6.54 Å². The molecule has 1 heterocycles. The molecule has 0 amide bonds. The van der Waals surface area contributed by atoms with Crippen LogP contribution in [0.25, 0.3) is 55.6 Å². The van der Waals surface area contributed by atoms with Crippen LogP contribution in [-0.4, -0.2) is 6.21 Å². The van der Waals surface area contributed by atoms with Crippen molar-refractivity contribution >= 4 is 6.21 Å². The number of fused-ring (bicyclic) bond motifs is 9. The number of rotatable bonds is 7. The van der Waals surface area contributed by atoms with Crippen LogP contribution in [-0.2, 0) is 12.0 Å². The fourth-order valence-electron chi connectivity index (χ4n) is 9.29. The fraction of sp³-hybridized carbons (Fsp3) is 0.0351. The summed E-state index contributed by atoms with van der Waals surface area (Å²) >= 11 is 0. The fourth-order valence-corrected chi connectivity index (χ4v) is 9.29. The van der Waals surface area contributed by atoms with Gasteiger partial charge in [-0.15, -0.1) is 0 Å². The Kier molecular flexibility index (Phi) is 8.48. The Hall–Kier alpha value is -7.55. The van der Waals surface area contributed by atoms with Gasteiger partial charge in [-0.25, -0.2) is 0 Å². The minimum absolute atomic E-state index is 0.493. The highest BCUT2D eigenvalue weighted by atomic mass is 16.5. The molecule has 0 bridgehead atoms. The van der Waals surface area contributed by atoms with E-state index in [4.69, 9.17) is 9.73 Å². The van der Waals surface area contributed by atoms with Crippen molar-refractivity contribution in [3.63, 3.8) is 0 Å². The molecule has 0 radical (unpaired) electrons. The smallest absolute Gasteiger partial charge is 0.132 e. The average Bonchev–Trinajstić information content (AvgIpc) is 3.59. The summed E-state index contributed by atoms with van der Waals surface area (Å²) < 4.78 is 6.56. The van der Waals surface area contributed by atoms with Gasteiger partial charge in [0.1, 0.15) is 11.5 Å². The van der Waals surface area contributed by atoms with Gasteiger partial charge < -0.3 is 4.74 Å². The molecule has 0 saturated heterocycles. The second kappa shape index (κ2) is 14.4. The van der Waals surface area contributed by atoms with Gasteiger partial charge in [-0.1, -0.05) is 182 Å². The van der Waals surface area contributed by atoms with E-state index in [0.717, 1.165) is 17.1 Å². The Morgan fingerprint density at radius 3 is 1.49 bits per heavy atom. The molecule has 1 aliphatic carbocycles. The van der Waals surface area contributed by atoms with Gasteiger partial charge in [-0.2, -0.15) is 0 Å². The number of nitrogens with zero attached hydrogens (tertiary/aromatic N) is 1. The second-order valence-corrected chi connectivity index (χ2v) is 15.5. The van der Waals surface area contributed by atoms with Crippen LogP contribution >= 0.6 is 0 Å². The average molecular weight is 754 g/mol. The Balaban J connectivity index is 0.899. The van der Waals surface area contributed by atoms with Crippen LogP contribution < -0.4 is 4.74 Å². The Morgan fingerprint density at radius 1 is 0.356 bits per heavy atom. The molecule has 59 heavy (non-hydrogen) atoms. The van der Waals surface area contributed by atoms with Crippen LogP contribution in [0.4, 0.5) is 0 Å². The van der Waals surface area contributed by atoms with Gasteiger partial charge in [0.15, 0.2) is 0 Å². The van der Waals surface area contributed by atoms with E-state index in [-0.39, 0.29) is 0 Å². The van der Waals surface area contributed by atoms with E-state index < -0.39 is 5.41 Å². The number of benzene rings is 9. The molecule has 9 aromatic carbocycles. The molecule has 1 aliphatic heterocycles. The lowest BCUT2D eigenvalue weighted by atomic mass is 9.66. The third-order valence-corrected chi connectivity index (χ3v) is 12.0. The summed E-state index contributed by atoms with van der Waals surface area (Å²) in [5, 5.41) is 0. The lowest BCUT2D eigenvalue weighted by molar-refractivity contribution is 0.436. The van der Waals surface area contributed by atoms with Crippen LogP contribution in [0.15, 0.2) is 223 Å². The summed E-state index contributed by atoms with van der Waals surface area (Å²) in [6, 6.07) is 78.7. The first-order chi connectivity index (χ1) is 29.2. The zero-order valence-electron chi connectivity index (χ0n) is 32.4. The molecule has 0 fully saturated rings. The normalized spacial score (nSPS) is 13.0. The van der Waals surface area contributed by atoms with E-state index in [1.807, 2.05) is 12.3 Å². The molecule has 2 nitrogen and oxygen atoms in total. The predicted molar refractivity (Wildman–Crippen MR) is 243 cm³/mol. The van der Waals surface area contributed by atoms with Crippen LogP contribution in [0.2, 0.25) is 0 Å². The van der Waals surface area contributed by atoms with Crippen LogP contribution in [0, 0.1) is 0 Å². The largest absolute Gasteiger partial charge is 0.457 e. The van der Waals surface area contributed by atoms with Crippen molar-refractivity contribution in [3.05, 3.63) is 252 Å². The molecule has 9 aromatic rings. The van der Waals surface area contributed by atoms with E-state index in [2.05, 4.69) is 212 Å². The van der Waals surface area contributed by atoms with Crippen LogP contribution in [0.1, 0.15) is 33.4 Å². The maximum atomic E-state index is 6.56. The zero-order chi connectivity index (χ0) is 39.2. The van der Waals surface area contributed by atoms with Crippen molar-refractivity contribution in [2.24, 2.45) is 4.99 Å². The van der Waals surface area contributed by atoms with Crippen molar-refractivity contribution in [3.8, 4) is 67.1 Å². The number of ether oxygens (including phenoxy) is 1. The monoisotopic (exact) mass is 753 g/mol. The number of hydrogen-bond acceptors (Lipinski definition) is 2. The molecule has 278 valence electrons. The number of hydrogen-bond donors (Lipinski definition) is 0. The van der Waals surface area contributed by atoms with E-state index in [1.165, 1.54) is 83.5 Å². The lowest BCUT2D eigenvalue weighted by Gasteiger charge is -2.39. The molecular weight excluding hydrogens is 715 g/mol. The number of para-hydroxylation sites is 2. The van der Waals surface area contributed by atoms with Crippen LogP contribution in [0.5, 0.6) is 11.5 Å². The molecule has 0 atom stereocenters. The van der Waals surface area contributed by atoms with Gasteiger partial charge in [0.25, 0.3) is 0 Å². The van der Waals surface area contributed by atoms with Crippen molar-refractivity contribution < 1.29 is 4.74 Å².